The van der Waals surface area contributed by atoms with Gasteiger partial charge >= 0.3 is 0 Å². The van der Waals surface area contributed by atoms with Crippen molar-refractivity contribution in [1.82, 2.24) is 14.5 Å². The third kappa shape index (κ3) is 2.29. The lowest BCUT2D eigenvalue weighted by Gasteiger charge is -2.04. The number of halogens is 1. The van der Waals surface area contributed by atoms with E-state index in [1.807, 2.05) is 29.7 Å². The molecule has 0 bridgehead atoms. The highest BCUT2D eigenvalue weighted by Crippen LogP contribution is 2.15. The number of H-pyrrole nitrogens is 1. The van der Waals surface area contributed by atoms with Crippen molar-refractivity contribution < 1.29 is 4.39 Å². The molecule has 0 saturated carbocycles. The standard InChI is InChI=1S/C14H12FN3S/c1-9-5-6-12-13(16-9)18(14(19)17-12)8-10-3-2-4-11(15)7-10/h2-7H,8H2,1H3,(H,17,19). The highest BCUT2D eigenvalue weighted by atomic mass is 32.1. The molecule has 0 saturated heterocycles. The summed E-state index contributed by atoms with van der Waals surface area (Å²) in [6.07, 6.45) is 0. The average molecular weight is 273 g/mol. The number of fused-ring (bicyclic) bond motifs is 1. The van der Waals surface area contributed by atoms with Crippen LogP contribution in [0.4, 0.5) is 4.39 Å². The Kier molecular flexibility index (Phi) is 2.91. The summed E-state index contributed by atoms with van der Waals surface area (Å²) in [6.45, 7) is 2.44. The molecule has 0 aliphatic rings. The van der Waals surface area contributed by atoms with Gasteiger partial charge in [0.2, 0.25) is 0 Å². The predicted octanol–water partition coefficient (Wildman–Crippen LogP) is 3.59. The van der Waals surface area contributed by atoms with Crippen LogP contribution in [0.5, 0.6) is 0 Å². The van der Waals surface area contributed by atoms with Crippen molar-refractivity contribution in [3.05, 3.63) is 58.2 Å². The van der Waals surface area contributed by atoms with Gasteiger partial charge in [0, 0.05) is 5.69 Å². The van der Waals surface area contributed by atoms with Crippen molar-refractivity contribution in [2.75, 3.05) is 0 Å². The summed E-state index contributed by atoms with van der Waals surface area (Å²) in [6, 6.07) is 10.4. The molecule has 5 heteroatoms. The molecule has 0 radical (unpaired) electrons. The van der Waals surface area contributed by atoms with Crippen molar-refractivity contribution in [3.63, 3.8) is 0 Å². The molecule has 0 amide bonds. The van der Waals surface area contributed by atoms with Gasteiger partial charge in [-0.2, -0.15) is 0 Å². The fourth-order valence-corrected chi connectivity index (χ4v) is 2.35. The van der Waals surface area contributed by atoms with Gasteiger partial charge in [0.25, 0.3) is 0 Å². The van der Waals surface area contributed by atoms with Gasteiger partial charge in [0.05, 0.1) is 12.1 Å². The SMILES string of the molecule is Cc1ccc2[nH]c(=S)n(Cc3cccc(F)c3)c2n1. The minimum absolute atomic E-state index is 0.243. The normalized spacial score (nSPS) is 11.1. The van der Waals surface area contributed by atoms with E-state index >= 15 is 0 Å². The summed E-state index contributed by atoms with van der Waals surface area (Å²) >= 11 is 5.30. The van der Waals surface area contributed by atoms with Crippen LogP contribution < -0.4 is 0 Å². The molecular formula is C14H12FN3S. The Bertz CT molecular complexity index is 804. The Balaban J connectivity index is 2.12. The maximum absolute atomic E-state index is 13.2. The minimum atomic E-state index is -0.243. The molecule has 0 unspecified atom stereocenters. The molecule has 0 fully saturated rings. The molecule has 96 valence electrons. The second-order valence-corrected chi connectivity index (χ2v) is 4.86. The van der Waals surface area contributed by atoms with Gasteiger partial charge in [-0.25, -0.2) is 9.37 Å². The molecule has 19 heavy (non-hydrogen) atoms. The third-order valence-corrected chi connectivity index (χ3v) is 3.31. The number of rotatable bonds is 2. The number of imidazole rings is 1. The summed E-state index contributed by atoms with van der Waals surface area (Å²) in [4.78, 5) is 7.60. The van der Waals surface area contributed by atoms with E-state index in [0.717, 1.165) is 22.4 Å². The summed E-state index contributed by atoms with van der Waals surface area (Å²) in [5, 5.41) is 0. The first-order valence-electron chi connectivity index (χ1n) is 5.94. The van der Waals surface area contributed by atoms with Gasteiger partial charge in [0.1, 0.15) is 5.82 Å². The first kappa shape index (κ1) is 12.0. The van der Waals surface area contributed by atoms with Gasteiger partial charge in [-0.3, -0.25) is 4.57 Å². The van der Waals surface area contributed by atoms with Crippen molar-refractivity contribution in [3.8, 4) is 0 Å². The Morgan fingerprint density at radius 2 is 2.16 bits per heavy atom. The van der Waals surface area contributed by atoms with Gasteiger partial charge < -0.3 is 4.98 Å². The highest BCUT2D eigenvalue weighted by molar-refractivity contribution is 7.71. The fraction of sp³-hybridized carbons (Fsp3) is 0.143. The number of aromatic amines is 1. The first-order valence-corrected chi connectivity index (χ1v) is 6.35. The molecule has 0 spiro atoms. The number of aryl methyl sites for hydroxylation is 1. The van der Waals surface area contributed by atoms with Crippen LogP contribution in [0.1, 0.15) is 11.3 Å². The van der Waals surface area contributed by atoms with Crippen molar-refractivity contribution >= 4 is 23.4 Å². The van der Waals surface area contributed by atoms with Crippen molar-refractivity contribution in [1.29, 1.82) is 0 Å². The Labute approximate surface area is 114 Å². The molecule has 3 aromatic rings. The number of benzene rings is 1. The number of nitrogens with one attached hydrogen (secondary N) is 1. The number of aromatic nitrogens is 3. The van der Waals surface area contributed by atoms with E-state index in [4.69, 9.17) is 12.2 Å². The molecule has 2 aromatic heterocycles. The van der Waals surface area contributed by atoms with Gasteiger partial charge in [-0.15, -0.1) is 0 Å². The van der Waals surface area contributed by atoms with Crippen LogP contribution in [-0.2, 0) is 6.54 Å². The zero-order valence-electron chi connectivity index (χ0n) is 10.4. The van der Waals surface area contributed by atoms with Crippen LogP contribution in [0.15, 0.2) is 36.4 Å². The van der Waals surface area contributed by atoms with Crippen LogP contribution in [-0.4, -0.2) is 14.5 Å². The molecule has 2 heterocycles. The van der Waals surface area contributed by atoms with Crippen LogP contribution in [0.2, 0.25) is 0 Å². The molecular weight excluding hydrogens is 261 g/mol. The lowest BCUT2D eigenvalue weighted by Crippen LogP contribution is -2.01. The van der Waals surface area contributed by atoms with E-state index in [0.29, 0.717) is 11.3 Å². The number of nitrogens with zero attached hydrogens (tertiary/aromatic N) is 2. The van der Waals surface area contributed by atoms with Crippen molar-refractivity contribution in [2.24, 2.45) is 0 Å². The molecule has 1 N–H and O–H groups in total. The summed E-state index contributed by atoms with van der Waals surface area (Å²) < 4.78 is 15.7. The summed E-state index contributed by atoms with van der Waals surface area (Å²) in [7, 11) is 0. The quantitative estimate of drug-likeness (QED) is 0.724. The summed E-state index contributed by atoms with van der Waals surface area (Å²) in [5.74, 6) is -0.243. The molecule has 1 aromatic carbocycles. The van der Waals surface area contributed by atoms with Crippen molar-refractivity contribution in [2.45, 2.75) is 13.5 Å². The molecule has 0 atom stereocenters. The second-order valence-electron chi connectivity index (χ2n) is 4.47. The maximum atomic E-state index is 13.2. The number of hydrogen-bond acceptors (Lipinski definition) is 2. The lowest BCUT2D eigenvalue weighted by atomic mass is 10.2. The predicted molar refractivity (Wildman–Crippen MR) is 75.2 cm³/mol. The van der Waals surface area contributed by atoms with Gasteiger partial charge in [0.15, 0.2) is 10.4 Å². The van der Waals surface area contributed by atoms with Gasteiger partial charge in [-0.1, -0.05) is 12.1 Å². The molecule has 3 rings (SSSR count). The zero-order chi connectivity index (χ0) is 13.4. The minimum Gasteiger partial charge on any atom is -0.329 e. The van der Waals surface area contributed by atoms with E-state index < -0.39 is 0 Å². The highest BCUT2D eigenvalue weighted by Gasteiger charge is 2.07. The molecule has 0 aliphatic heterocycles. The van der Waals surface area contributed by atoms with Crippen LogP contribution in [0, 0.1) is 17.5 Å². The smallest absolute Gasteiger partial charge is 0.179 e. The van der Waals surface area contributed by atoms with E-state index in [1.165, 1.54) is 12.1 Å². The monoisotopic (exact) mass is 273 g/mol. The van der Waals surface area contributed by atoms with E-state index in [9.17, 15) is 4.39 Å². The first-order chi connectivity index (χ1) is 9.13. The van der Waals surface area contributed by atoms with E-state index in [1.54, 1.807) is 6.07 Å². The average Bonchev–Trinajstić information content (AvgIpc) is 2.66. The Morgan fingerprint density at radius 3 is 2.95 bits per heavy atom. The summed E-state index contributed by atoms with van der Waals surface area (Å²) in [5.41, 5.74) is 3.48. The Morgan fingerprint density at radius 1 is 1.32 bits per heavy atom. The van der Waals surface area contributed by atoms with Crippen LogP contribution in [0.3, 0.4) is 0 Å². The van der Waals surface area contributed by atoms with E-state index in [-0.39, 0.29) is 5.82 Å². The van der Waals surface area contributed by atoms with E-state index in [2.05, 4.69) is 9.97 Å². The zero-order valence-corrected chi connectivity index (χ0v) is 11.2. The maximum Gasteiger partial charge on any atom is 0.179 e. The fourth-order valence-electron chi connectivity index (χ4n) is 2.09. The second kappa shape index (κ2) is 4.59. The third-order valence-electron chi connectivity index (χ3n) is 2.99. The largest absolute Gasteiger partial charge is 0.329 e. The number of hydrogen-bond donors (Lipinski definition) is 1. The van der Waals surface area contributed by atoms with Crippen LogP contribution >= 0.6 is 12.2 Å². The lowest BCUT2D eigenvalue weighted by molar-refractivity contribution is 0.623. The van der Waals surface area contributed by atoms with Gasteiger partial charge in [-0.05, 0) is 49.0 Å². The topological polar surface area (TPSA) is 33.6 Å². The van der Waals surface area contributed by atoms with Crippen LogP contribution in [0.25, 0.3) is 11.2 Å². The molecule has 0 aliphatic carbocycles. The Hall–Kier alpha value is -2.01. The molecule has 3 nitrogen and oxygen atoms in total. The number of pyridine rings is 1.